The summed E-state index contributed by atoms with van der Waals surface area (Å²) in [4.78, 5) is 2.08. The summed E-state index contributed by atoms with van der Waals surface area (Å²) in [5, 5.41) is 3.21. The summed E-state index contributed by atoms with van der Waals surface area (Å²) in [6.07, 6.45) is 2.54. The van der Waals surface area contributed by atoms with Crippen LogP contribution in [0.5, 0.6) is 0 Å². The lowest BCUT2D eigenvalue weighted by Crippen LogP contribution is -2.35. The van der Waals surface area contributed by atoms with E-state index in [-0.39, 0.29) is 5.75 Å². The molecular weight excluding hydrogens is 262 g/mol. The van der Waals surface area contributed by atoms with Crippen molar-refractivity contribution in [2.45, 2.75) is 33.1 Å². The molecule has 0 saturated heterocycles. The van der Waals surface area contributed by atoms with Gasteiger partial charge in [-0.2, -0.15) is 0 Å². The Balaban J connectivity index is 4.03. The van der Waals surface area contributed by atoms with E-state index < -0.39 is 10.0 Å². The molecule has 0 spiro atoms. The van der Waals surface area contributed by atoms with Crippen molar-refractivity contribution in [3.63, 3.8) is 0 Å². The Bertz CT molecular complexity index is 305. The highest BCUT2D eigenvalue weighted by Gasteiger charge is 2.19. The third kappa shape index (κ3) is 9.38. The topological polar surface area (TPSA) is 52.7 Å². The highest BCUT2D eigenvalue weighted by atomic mass is 32.2. The zero-order chi connectivity index (χ0) is 14.7. The smallest absolute Gasteiger partial charge is 0.214 e. The highest BCUT2D eigenvalue weighted by Crippen LogP contribution is 2.06. The van der Waals surface area contributed by atoms with Crippen LogP contribution in [-0.2, 0) is 10.0 Å². The van der Waals surface area contributed by atoms with Gasteiger partial charge in [0.25, 0.3) is 0 Å². The predicted molar refractivity (Wildman–Crippen MR) is 82.0 cm³/mol. The van der Waals surface area contributed by atoms with Crippen molar-refractivity contribution in [1.29, 1.82) is 0 Å². The summed E-state index contributed by atoms with van der Waals surface area (Å²) < 4.78 is 25.9. The molecule has 0 saturated carbocycles. The SMILES string of the molecule is CCNCCCCS(=O)(=O)N(CC)CCCN(C)C. The molecule has 0 unspecified atom stereocenters. The molecule has 0 fully saturated rings. The summed E-state index contributed by atoms with van der Waals surface area (Å²) >= 11 is 0. The summed E-state index contributed by atoms with van der Waals surface area (Å²) in [5.74, 6) is 0.272. The number of nitrogens with one attached hydrogen (secondary N) is 1. The van der Waals surface area contributed by atoms with Crippen LogP contribution in [0.3, 0.4) is 0 Å². The average molecular weight is 293 g/mol. The van der Waals surface area contributed by atoms with Gasteiger partial charge in [-0.1, -0.05) is 13.8 Å². The van der Waals surface area contributed by atoms with Crippen LogP contribution in [0.1, 0.15) is 33.1 Å². The monoisotopic (exact) mass is 293 g/mol. The molecule has 5 nitrogen and oxygen atoms in total. The second-order valence-corrected chi connectivity index (χ2v) is 7.11. The van der Waals surface area contributed by atoms with Gasteiger partial charge in [0.15, 0.2) is 0 Å². The Morgan fingerprint density at radius 2 is 1.68 bits per heavy atom. The minimum atomic E-state index is -3.07. The van der Waals surface area contributed by atoms with Gasteiger partial charge < -0.3 is 10.2 Å². The van der Waals surface area contributed by atoms with Gasteiger partial charge in [-0.05, 0) is 53.0 Å². The first-order valence-corrected chi connectivity index (χ1v) is 8.88. The quantitative estimate of drug-likeness (QED) is 0.545. The van der Waals surface area contributed by atoms with E-state index in [2.05, 4.69) is 17.1 Å². The second-order valence-electron chi connectivity index (χ2n) is 5.03. The van der Waals surface area contributed by atoms with Gasteiger partial charge in [-0.25, -0.2) is 12.7 Å². The molecule has 0 aromatic heterocycles. The summed E-state index contributed by atoms with van der Waals surface area (Å²) in [6.45, 7) is 7.93. The largest absolute Gasteiger partial charge is 0.317 e. The van der Waals surface area contributed by atoms with E-state index >= 15 is 0 Å². The molecule has 0 atom stereocenters. The van der Waals surface area contributed by atoms with E-state index in [1.165, 1.54) is 0 Å². The molecule has 0 aliphatic rings. The van der Waals surface area contributed by atoms with Crippen molar-refractivity contribution >= 4 is 10.0 Å². The first kappa shape index (κ1) is 18.8. The van der Waals surface area contributed by atoms with Crippen molar-refractivity contribution in [3.8, 4) is 0 Å². The first-order valence-electron chi connectivity index (χ1n) is 7.27. The normalized spacial score (nSPS) is 12.5. The Labute approximate surface area is 119 Å². The van der Waals surface area contributed by atoms with Gasteiger partial charge in [0, 0.05) is 13.1 Å². The molecule has 116 valence electrons. The predicted octanol–water partition coefficient (Wildman–Crippen LogP) is 0.980. The Kier molecular flexibility index (Phi) is 10.5. The number of sulfonamides is 1. The molecule has 0 aromatic rings. The maximum absolute atomic E-state index is 12.2. The van der Waals surface area contributed by atoms with Gasteiger partial charge in [0.2, 0.25) is 10.0 Å². The third-order valence-electron chi connectivity index (χ3n) is 3.01. The lowest BCUT2D eigenvalue weighted by Gasteiger charge is -2.21. The van der Waals surface area contributed by atoms with Crippen molar-refractivity contribution in [1.82, 2.24) is 14.5 Å². The van der Waals surface area contributed by atoms with E-state index in [0.29, 0.717) is 13.1 Å². The standard InChI is InChI=1S/C13H31N3O2S/c1-5-14-10-7-8-13-19(17,18)16(6-2)12-9-11-15(3)4/h14H,5-13H2,1-4H3. The number of unbranched alkanes of at least 4 members (excludes halogenated alkanes) is 1. The number of nitrogens with zero attached hydrogens (tertiary/aromatic N) is 2. The molecule has 1 N–H and O–H groups in total. The molecule has 19 heavy (non-hydrogen) atoms. The molecule has 6 heteroatoms. The summed E-state index contributed by atoms with van der Waals surface area (Å²) in [5.41, 5.74) is 0. The molecule has 0 aliphatic carbocycles. The van der Waals surface area contributed by atoms with Crippen molar-refractivity contribution in [2.24, 2.45) is 0 Å². The van der Waals surface area contributed by atoms with Crippen molar-refractivity contribution in [3.05, 3.63) is 0 Å². The third-order valence-corrected chi connectivity index (χ3v) is 5.05. The van der Waals surface area contributed by atoms with E-state index in [1.807, 2.05) is 21.0 Å². The minimum absolute atomic E-state index is 0.272. The van der Waals surface area contributed by atoms with Crippen LogP contribution in [0, 0.1) is 0 Å². The van der Waals surface area contributed by atoms with Gasteiger partial charge >= 0.3 is 0 Å². The van der Waals surface area contributed by atoms with E-state index in [1.54, 1.807) is 4.31 Å². The average Bonchev–Trinajstić information content (AvgIpc) is 2.33. The summed E-state index contributed by atoms with van der Waals surface area (Å²) in [7, 11) is 0.940. The minimum Gasteiger partial charge on any atom is -0.317 e. The second kappa shape index (κ2) is 10.6. The van der Waals surface area contributed by atoms with Gasteiger partial charge in [0.05, 0.1) is 5.75 Å². The maximum atomic E-state index is 12.2. The molecule has 0 radical (unpaired) electrons. The highest BCUT2D eigenvalue weighted by molar-refractivity contribution is 7.89. The van der Waals surface area contributed by atoms with Gasteiger partial charge in [-0.15, -0.1) is 0 Å². The van der Waals surface area contributed by atoms with E-state index in [0.717, 1.165) is 38.9 Å². The fourth-order valence-corrected chi connectivity index (χ4v) is 3.53. The molecule has 0 aromatic carbocycles. The Morgan fingerprint density at radius 3 is 2.21 bits per heavy atom. The lowest BCUT2D eigenvalue weighted by atomic mass is 10.3. The fraction of sp³-hybridized carbons (Fsp3) is 1.00. The number of hydrogen-bond acceptors (Lipinski definition) is 4. The van der Waals surface area contributed by atoms with Crippen LogP contribution in [0.15, 0.2) is 0 Å². The zero-order valence-electron chi connectivity index (χ0n) is 13.0. The van der Waals surface area contributed by atoms with Gasteiger partial charge in [0.1, 0.15) is 0 Å². The first-order chi connectivity index (χ1) is 8.94. The van der Waals surface area contributed by atoms with Crippen LogP contribution < -0.4 is 5.32 Å². The molecule has 0 amide bonds. The molecule has 0 heterocycles. The van der Waals surface area contributed by atoms with Crippen molar-refractivity contribution in [2.75, 3.05) is 52.6 Å². The van der Waals surface area contributed by atoms with Crippen LogP contribution in [0.4, 0.5) is 0 Å². The van der Waals surface area contributed by atoms with Crippen LogP contribution in [0.25, 0.3) is 0 Å². The van der Waals surface area contributed by atoms with E-state index in [9.17, 15) is 8.42 Å². The van der Waals surface area contributed by atoms with Crippen LogP contribution in [-0.4, -0.2) is 70.2 Å². The Morgan fingerprint density at radius 1 is 1.00 bits per heavy atom. The number of rotatable bonds is 12. The molecule has 0 rings (SSSR count). The zero-order valence-corrected chi connectivity index (χ0v) is 13.8. The van der Waals surface area contributed by atoms with Crippen LogP contribution in [0.2, 0.25) is 0 Å². The number of hydrogen-bond donors (Lipinski definition) is 1. The Hall–Kier alpha value is -0.170. The maximum Gasteiger partial charge on any atom is 0.214 e. The van der Waals surface area contributed by atoms with Gasteiger partial charge in [-0.3, -0.25) is 0 Å². The van der Waals surface area contributed by atoms with E-state index in [4.69, 9.17) is 0 Å². The lowest BCUT2D eigenvalue weighted by molar-refractivity contribution is 0.355. The van der Waals surface area contributed by atoms with Crippen LogP contribution >= 0.6 is 0 Å². The fourth-order valence-electron chi connectivity index (χ4n) is 1.90. The molecular formula is C13H31N3O2S. The molecule has 0 aliphatic heterocycles. The summed E-state index contributed by atoms with van der Waals surface area (Å²) in [6, 6.07) is 0. The van der Waals surface area contributed by atoms with Crippen molar-refractivity contribution < 1.29 is 8.42 Å². The molecule has 0 bridgehead atoms.